The molecule has 0 aromatic carbocycles. The lowest BCUT2D eigenvalue weighted by Gasteiger charge is -2.21. The summed E-state index contributed by atoms with van der Waals surface area (Å²) in [5.41, 5.74) is 1.95. The molecule has 2 amide bonds. The van der Waals surface area contributed by atoms with Crippen LogP contribution in [0, 0.1) is 6.92 Å². The Morgan fingerprint density at radius 3 is 3.00 bits per heavy atom. The van der Waals surface area contributed by atoms with Crippen molar-refractivity contribution in [3.05, 3.63) is 29.6 Å². The maximum Gasteiger partial charge on any atom is 0.318 e. The highest BCUT2D eigenvalue weighted by atomic mass is 16.3. The number of hydrogen-bond acceptors (Lipinski definition) is 3. The third-order valence-electron chi connectivity index (χ3n) is 3.11. The van der Waals surface area contributed by atoms with E-state index in [-0.39, 0.29) is 12.6 Å². The second kappa shape index (κ2) is 5.82. The predicted octanol–water partition coefficient (Wildman–Crippen LogP) is 1.06. The zero-order valence-electron chi connectivity index (χ0n) is 10.6. The van der Waals surface area contributed by atoms with E-state index in [9.17, 15) is 4.79 Å². The second-order valence-electron chi connectivity index (χ2n) is 4.57. The lowest BCUT2D eigenvalue weighted by Crippen LogP contribution is -2.42. The number of aliphatic hydroxyl groups excluding tert-OH is 1. The molecule has 1 heterocycles. The molecule has 1 fully saturated rings. The first-order valence-electron chi connectivity index (χ1n) is 6.28. The van der Waals surface area contributed by atoms with Crippen LogP contribution in [0.2, 0.25) is 0 Å². The Hall–Kier alpha value is -1.62. The summed E-state index contributed by atoms with van der Waals surface area (Å²) >= 11 is 0. The van der Waals surface area contributed by atoms with Gasteiger partial charge in [0.05, 0.1) is 18.8 Å². The van der Waals surface area contributed by atoms with Gasteiger partial charge < -0.3 is 15.3 Å². The predicted molar refractivity (Wildman–Crippen MR) is 68.0 cm³/mol. The van der Waals surface area contributed by atoms with Gasteiger partial charge in [-0.15, -0.1) is 0 Å². The number of nitrogens with zero attached hydrogens (tertiary/aromatic N) is 2. The van der Waals surface area contributed by atoms with Gasteiger partial charge >= 0.3 is 6.03 Å². The zero-order valence-corrected chi connectivity index (χ0v) is 10.6. The quantitative estimate of drug-likeness (QED) is 0.820. The van der Waals surface area contributed by atoms with Crippen LogP contribution in [0.3, 0.4) is 0 Å². The standard InChI is InChI=1S/C13H19N3O2/c1-10-3-2-6-14-12(10)9-15-13(18)16(7-8-17)11-4-5-11/h2-3,6,11,17H,4-5,7-9H2,1H3,(H,15,18). The van der Waals surface area contributed by atoms with E-state index in [0.717, 1.165) is 24.1 Å². The van der Waals surface area contributed by atoms with Gasteiger partial charge in [0.15, 0.2) is 0 Å². The van der Waals surface area contributed by atoms with Crippen LogP contribution in [0.15, 0.2) is 18.3 Å². The fourth-order valence-electron chi connectivity index (χ4n) is 1.91. The summed E-state index contributed by atoms with van der Waals surface area (Å²) in [6, 6.07) is 4.04. The molecule has 1 aliphatic carbocycles. The van der Waals surface area contributed by atoms with Crippen molar-refractivity contribution in [2.75, 3.05) is 13.2 Å². The molecule has 0 aliphatic heterocycles. The Morgan fingerprint density at radius 2 is 2.39 bits per heavy atom. The van der Waals surface area contributed by atoms with E-state index < -0.39 is 0 Å². The Balaban J connectivity index is 1.89. The van der Waals surface area contributed by atoms with Gasteiger partial charge in [0.25, 0.3) is 0 Å². The van der Waals surface area contributed by atoms with E-state index in [0.29, 0.717) is 19.1 Å². The SMILES string of the molecule is Cc1cccnc1CNC(=O)N(CCO)C1CC1. The van der Waals surface area contributed by atoms with Crippen LogP contribution in [0.1, 0.15) is 24.1 Å². The van der Waals surface area contributed by atoms with Gasteiger partial charge in [-0.25, -0.2) is 4.79 Å². The van der Waals surface area contributed by atoms with E-state index in [4.69, 9.17) is 5.11 Å². The fourth-order valence-corrected chi connectivity index (χ4v) is 1.91. The number of amides is 2. The number of carbonyl (C=O) groups excluding carboxylic acids is 1. The maximum absolute atomic E-state index is 12.0. The number of nitrogens with one attached hydrogen (secondary N) is 1. The molecule has 0 unspecified atom stereocenters. The van der Waals surface area contributed by atoms with Gasteiger partial charge in [-0.1, -0.05) is 6.07 Å². The zero-order chi connectivity index (χ0) is 13.0. The highest BCUT2D eigenvalue weighted by Crippen LogP contribution is 2.26. The van der Waals surface area contributed by atoms with Gasteiger partial charge in [0.2, 0.25) is 0 Å². The highest BCUT2D eigenvalue weighted by molar-refractivity contribution is 5.74. The van der Waals surface area contributed by atoms with Gasteiger partial charge in [0.1, 0.15) is 0 Å². The Bertz CT molecular complexity index is 418. The van der Waals surface area contributed by atoms with Crippen LogP contribution in [0.5, 0.6) is 0 Å². The summed E-state index contributed by atoms with van der Waals surface area (Å²) in [5, 5.41) is 11.8. The molecule has 1 aliphatic rings. The molecule has 2 rings (SSSR count). The molecule has 98 valence electrons. The molecule has 0 atom stereocenters. The van der Waals surface area contributed by atoms with Crippen molar-refractivity contribution in [3.63, 3.8) is 0 Å². The van der Waals surface area contributed by atoms with Crippen LogP contribution in [0.25, 0.3) is 0 Å². The Morgan fingerprint density at radius 1 is 1.61 bits per heavy atom. The van der Waals surface area contributed by atoms with Crippen molar-refractivity contribution < 1.29 is 9.90 Å². The normalized spacial score (nSPS) is 14.3. The third-order valence-corrected chi connectivity index (χ3v) is 3.11. The number of carbonyl (C=O) groups is 1. The molecular formula is C13H19N3O2. The van der Waals surface area contributed by atoms with Crippen LogP contribution >= 0.6 is 0 Å². The minimum absolute atomic E-state index is 0.00648. The van der Waals surface area contributed by atoms with Crippen LogP contribution in [-0.4, -0.2) is 40.2 Å². The van der Waals surface area contributed by atoms with Gasteiger partial charge in [-0.3, -0.25) is 4.98 Å². The average molecular weight is 249 g/mol. The van der Waals surface area contributed by atoms with Gasteiger partial charge in [0, 0.05) is 18.8 Å². The van der Waals surface area contributed by atoms with Crippen LogP contribution < -0.4 is 5.32 Å². The molecule has 0 spiro atoms. The molecule has 0 saturated heterocycles. The number of aryl methyl sites for hydroxylation is 1. The largest absolute Gasteiger partial charge is 0.395 e. The molecule has 5 heteroatoms. The van der Waals surface area contributed by atoms with E-state index >= 15 is 0 Å². The Kier molecular flexibility index (Phi) is 4.15. The van der Waals surface area contributed by atoms with Crippen molar-refractivity contribution in [1.82, 2.24) is 15.2 Å². The van der Waals surface area contributed by atoms with Crippen molar-refractivity contribution in [2.45, 2.75) is 32.4 Å². The molecule has 5 nitrogen and oxygen atoms in total. The summed E-state index contributed by atoms with van der Waals surface area (Å²) in [6.07, 6.45) is 3.80. The fraction of sp³-hybridized carbons (Fsp3) is 0.538. The lowest BCUT2D eigenvalue weighted by atomic mass is 10.2. The van der Waals surface area contributed by atoms with Crippen LogP contribution in [-0.2, 0) is 6.54 Å². The smallest absolute Gasteiger partial charge is 0.318 e. The van der Waals surface area contributed by atoms with E-state index in [1.807, 2.05) is 19.1 Å². The minimum Gasteiger partial charge on any atom is -0.395 e. The van der Waals surface area contributed by atoms with Crippen molar-refractivity contribution >= 4 is 6.03 Å². The number of aliphatic hydroxyl groups is 1. The van der Waals surface area contributed by atoms with Gasteiger partial charge in [-0.2, -0.15) is 0 Å². The summed E-state index contributed by atoms with van der Waals surface area (Å²) in [4.78, 5) is 17.9. The van der Waals surface area contributed by atoms with Crippen molar-refractivity contribution in [2.24, 2.45) is 0 Å². The Labute approximate surface area is 107 Å². The minimum atomic E-state index is -0.114. The molecule has 0 bridgehead atoms. The summed E-state index contributed by atoms with van der Waals surface area (Å²) in [5.74, 6) is 0. The van der Waals surface area contributed by atoms with E-state index in [2.05, 4.69) is 10.3 Å². The topological polar surface area (TPSA) is 65.5 Å². The van der Waals surface area contributed by atoms with E-state index in [1.165, 1.54) is 0 Å². The van der Waals surface area contributed by atoms with Crippen molar-refractivity contribution in [3.8, 4) is 0 Å². The monoisotopic (exact) mass is 249 g/mol. The molecule has 2 N–H and O–H groups in total. The second-order valence-corrected chi connectivity index (χ2v) is 4.57. The molecule has 0 radical (unpaired) electrons. The lowest BCUT2D eigenvalue weighted by molar-refractivity contribution is 0.173. The first kappa shape index (κ1) is 12.8. The van der Waals surface area contributed by atoms with E-state index in [1.54, 1.807) is 11.1 Å². The highest BCUT2D eigenvalue weighted by Gasteiger charge is 2.31. The maximum atomic E-state index is 12.0. The third kappa shape index (κ3) is 3.20. The number of rotatable bonds is 5. The summed E-state index contributed by atoms with van der Waals surface area (Å²) in [7, 11) is 0. The summed E-state index contributed by atoms with van der Waals surface area (Å²) in [6.45, 7) is 2.81. The number of urea groups is 1. The first-order chi connectivity index (χ1) is 8.72. The van der Waals surface area contributed by atoms with Gasteiger partial charge in [-0.05, 0) is 31.4 Å². The molecule has 18 heavy (non-hydrogen) atoms. The number of hydrogen-bond donors (Lipinski definition) is 2. The first-order valence-corrected chi connectivity index (χ1v) is 6.28. The number of pyridine rings is 1. The summed E-state index contributed by atoms with van der Waals surface area (Å²) < 4.78 is 0. The number of aromatic nitrogens is 1. The molecule has 1 aromatic rings. The molecular weight excluding hydrogens is 230 g/mol. The van der Waals surface area contributed by atoms with Crippen LogP contribution in [0.4, 0.5) is 4.79 Å². The molecule has 1 aromatic heterocycles. The van der Waals surface area contributed by atoms with Crippen molar-refractivity contribution in [1.29, 1.82) is 0 Å². The average Bonchev–Trinajstić information content (AvgIpc) is 3.19. The molecule has 1 saturated carbocycles.